The molecule has 0 radical (unpaired) electrons. The first-order valence-electron chi connectivity index (χ1n) is 7.05. The second-order valence-electron chi connectivity index (χ2n) is 5.40. The molecule has 0 aliphatic heterocycles. The Balaban J connectivity index is 1.83. The van der Waals surface area contributed by atoms with Crippen LogP contribution in [0.4, 0.5) is 8.78 Å². The Morgan fingerprint density at radius 2 is 2.09 bits per heavy atom. The van der Waals surface area contributed by atoms with Gasteiger partial charge in [0.05, 0.1) is 16.6 Å². The van der Waals surface area contributed by atoms with Crippen molar-refractivity contribution in [2.45, 2.75) is 19.9 Å². The molecule has 0 spiro atoms. The number of fused-ring (bicyclic) bond motifs is 1. The molecule has 4 nitrogen and oxygen atoms in total. The fourth-order valence-electron chi connectivity index (χ4n) is 2.52. The number of aryl methyl sites for hydroxylation is 2. The van der Waals surface area contributed by atoms with Gasteiger partial charge < -0.3 is 5.32 Å². The highest BCUT2D eigenvalue weighted by Gasteiger charge is 2.19. The molecule has 23 heavy (non-hydrogen) atoms. The van der Waals surface area contributed by atoms with Crippen molar-refractivity contribution in [2.75, 3.05) is 0 Å². The fourth-order valence-corrected chi connectivity index (χ4v) is 3.54. The highest BCUT2D eigenvalue weighted by Crippen LogP contribution is 2.28. The van der Waals surface area contributed by atoms with Gasteiger partial charge in [-0.15, -0.1) is 11.3 Å². The zero-order chi connectivity index (χ0) is 16.7. The molecule has 3 rings (SSSR count). The van der Waals surface area contributed by atoms with Gasteiger partial charge in [-0.05, 0) is 26.0 Å². The SMILES string of the molecule is Cc1nn(C)c2sc(C(=O)N[C@@H](C)c3ccc(F)cc3F)cc12. The lowest BCUT2D eigenvalue weighted by molar-refractivity contribution is 0.0943. The Bertz CT molecular complexity index is 866. The Labute approximate surface area is 135 Å². The molecule has 0 bridgehead atoms. The van der Waals surface area contributed by atoms with Crippen molar-refractivity contribution in [3.05, 3.63) is 52.0 Å². The summed E-state index contributed by atoms with van der Waals surface area (Å²) in [5.74, 6) is -1.60. The predicted octanol–water partition coefficient (Wildman–Crippen LogP) is 3.71. The standard InChI is InChI=1S/C16H15F2N3OS/c1-8(11-5-4-10(17)6-13(11)18)19-15(22)14-7-12-9(2)20-21(3)16(12)23-14/h4-8H,1-3H3,(H,19,22)/t8-/m0/s1. The summed E-state index contributed by atoms with van der Waals surface area (Å²) in [5.41, 5.74) is 1.11. The lowest BCUT2D eigenvalue weighted by Gasteiger charge is -2.14. The number of halogens is 2. The summed E-state index contributed by atoms with van der Waals surface area (Å²) in [6.45, 7) is 3.54. The third kappa shape index (κ3) is 2.84. The number of aromatic nitrogens is 2. The van der Waals surface area contributed by atoms with E-state index in [0.717, 1.165) is 22.0 Å². The van der Waals surface area contributed by atoms with Gasteiger partial charge in [0.15, 0.2) is 0 Å². The lowest BCUT2D eigenvalue weighted by Crippen LogP contribution is -2.26. The van der Waals surface area contributed by atoms with Crippen molar-refractivity contribution in [3.63, 3.8) is 0 Å². The van der Waals surface area contributed by atoms with Crippen molar-refractivity contribution in [3.8, 4) is 0 Å². The minimum Gasteiger partial charge on any atom is -0.345 e. The number of carbonyl (C=O) groups is 1. The van der Waals surface area contributed by atoms with E-state index in [1.54, 1.807) is 17.7 Å². The van der Waals surface area contributed by atoms with Gasteiger partial charge in [0.25, 0.3) is 5.91 Å². The first-order chi connectivity index (χ1) is 10.9. The van der Waals surface area contributed by atoms with Crippen LogP contribution in [-0.4, -0.2) is 15.7 Å². The van der Waals surface area contributed by atoms with E-state index in [4.69, 9.17) is 0 Å². The van der Waals surface area contributed by atoms with Crippen LogP contribution in [0.3, 0.4) is 0 Å². The molecule has 1 amide bonds. The summed E-state index contributed by atoms with van der Waals surface area (Å²) in [6, 6.07) is 4.55. The molecule has 0 saturated heterocycles. The maximum Gasteiger partial charge on any atom is 0.261 e. The number of nitrogens with one attached hydrogen (secondary N) is 1. The third-order valence-corrected chi connectivity index (χ3v) is 4.90. The van der Waals surface area contributed by atoms with Gasteiger partial charge in [-0.2, -0.15) is 5.10 Å². The lowest BCUT2D eigenvalue weighted by atomic mass is 10.1. The smallest absolute Gasteiger partial charge is 0.261 e. The molecule has 1 aromatic carbocycles. The van der Waals surface area contributed by atoms with Crippen molar-refractivity contribution in [1.29, 1.82) is 0 Å². The Morgan fingerprint density at radius 1 is 1.35 bits per heavy atom. The van der Waals surface area contributed by atoms with E-state index < -0.39 is 17.7 Å². The molecule has 0 aliphatic carbocycles. The second kappa shape index (κ2) is 5.73. The van der Waals surface area contributed by atoms with E-state index in [-0.39, 0.29) is 11.5 Å². The van der Waals surface area contributed by atoms with Gasteiger partial charge in [0.1, 0.15) is 16.5 Å². The molecule has 0 saturated carbocycles. The highest BCUT2D eigenvalue weighted by molar-refractivity contribution is 7.20. The first-order valence-corrected chi connectivity index (χ1v) is 7.87. The molecule has 7 heteroatoms. The number of carbonyl (C=O) groups excluding carboxylic acids is 1. The molecule has 0 fully saturated rings. The van der Waals surface area contributed by atoms with E-state index in [9.17, 15) is 13.6 Å². The summed E-state index contributed by atoms with van der Waals surface area (Å²) >= 11 is 1.33. The first kappa shape index (κ1) is 15.6. The van der Waals surface area contributed by atoms with Crippen LogP contribution in [0.25, 0.3) is 10.2 Å². The van der Waals surface area contributed by atoms with Crippen molar-refractivity contribution < 1.29 is 13.6 Å². The molecule has 2 heterocycles. The molecule has 2 aromatic heterocycles. The van der Waals surface area contributed by atoms with Gasteiger partial charge >= 0.3 is 0 Å². The fraction of sp³-hybridized carbons (Fsp3) is 0.250. The normalized spacial score (nSPS) is 12.6. The van der Waals surface area contributed by atoms with Crippen LogP contribution in [0.2, 0.25) is 0 Å². The van der Waals surface area contributed by atoms with Crippen LogP contribution < -0.4 is 5.32 Å². The van der Waals surface area contributed by atoms with Gasteiger partial charge in [0.2, 0.25) is 0 Å². The summed E-state index contributed by atoms with van der Waals surface area (Å²) < 4.78 is 28.5. The van der Waals surface area contributed by atoms with Gasteiger partial charge in [-0.1, -0.05) is 6.07 Å². The second-order valence-corrected chi connectivity index (χ2v) is 6.43. The summed E-state index contributed by atoms with van der Waals surface area (Å²) in [4.78, 5) is 13.8. The number of nitrogens with zero attached hydrogens (tertiary/aromatic N) is 2. The van der Waals surface area contributed by atoms with E-state index in [0.29, 0.717) is 4.88 Å². The minimum absolute atomic E-state index is 0.249. The van der Waals surface area contributed by atoms with Crippen molar-refractivity contribution in [2.24, 2.45) is 7.05 Å². The van der Waals surface area contributed by atoms with Crippen LogP contribution in [0.15, 0.2) is 24.3 Å². The van der Waals surface area contributed by atoms with Crippen LogP contribution in [0.1, 0.15) is 33.9 Å². The molecule has 1 N–H and O–H groups in total. The van der Waals surface area contributed by atoms with Crippen LogP contribution in [0, 0.1) is 18.6 Å². The number of benzene rings is 1. The number of hydrogen-bond donors (Lipinski definition) is 1. The van der Waals surface area contributed by atoms with E-state index in [2.05, 4.69) is 10.4 Å². The Hall–Kier alpha value is -2.28. The van der Waals surface area contributed by atoms with Gasteiger partial charge in [-0.3, -0.25) is 9.48 Å². The molecule has 3 aromatic rings. The van der Waals surface area contributed by atoms with Crippen molar-refractivity contribution >= 4 is 27.5 Å². The maximum atomic E-state index is 13.8. The van der Waals surface area contributed by atoms with E-state index in [1.165, 1.54) is 23.5 Å². The monoisotopic (exact) mass is 335 g/mol. The molecular weight excluding hydrogens is 320 g/mol. The van der Waals surface area contributed by atoms with Crippen LogP contribution >= 0.6 is 11.3 Å². The number of thiophene rings is 1. The van der Waals surface area contributed by atoms with Gasteiger partial charge in [0, 0.05) is 24.1 Å². The Kier molecular flexibility index (Phi) is 3.89. The summed E-state index contributed by atoms with van der Waals surface area (Å²) in [7, 11) is 1.82. The molecular formula is C16H15F2N3OS. The van der Waals surface area contributed by atoms with E-state index >= 15 is 0 Å². The average molecular weight is 335 g/mol. The minimum atomic E-state index is -0.672. The zero-order valence-corrected chi connectivity index (χ0v) is 13.7. The number of amides is 1. The zero-order valence-electron chi connectivity index (χ0n) is 12.9. The summed E-state index contributed by atoms with van der Waals surface area (Å²) in [5, 5.41) is 7.96. The van der Waals surface area contributed by atoms with E-state index in [1.807, 2.05) is 14.0 Å². The number of hydrogen-bond acceptors (Lipinski definition) is 3. The Morgan fingerprint density at radius 3 is 2.74 bits per heavy atom. The molecule has 0 unspecified atom stereocenters. The molecule has 0 aliphatic rings. The summed E-state index contributed by atoms with van der Waals surface area (Å²) in [6.07, 6.45) is 0. The highest BCUT2D eigenvalue weighted by atomic mass is 32.1. The molecule has 1 atom stereocenters. The molecule has 120 valence electrons. The van der Waals surface area contributed by atoms with Crippen LogP contribution in [-0.2, 0) is 7.05 Å². The number of rotatable bonds is 3. The van der Waals surface area contributed by atoms with Gasteiger partial charge in [-0.25, -0.2) is 8.78 Å². The maximum absolute atomic E-state index is 13.8. The van der Waals surface area contributed by atoms with Crippen molar-refractivity contribution in [1.82, 2.24) is 15.1 Å². The third-order valence-electron chi connectivity index (χ3n) is 3.70. The average Bonchev–Trinajstić information content (AvgIpc) is 3.01. The quantitative estimate of drug-likeness (QED) is 0.793. The largest absolute Gasteiger partial charge is 0.345 e. The predicted molar refractivity (Wildman–Crippen MR) is 85.6 cm³/mol. The van der Waals surface area contributed by atoms with Crippen LogP contribution in [0.5, 0.6) is 0 Å². The topological polar surface area (TPSA) is 46.9 Å².